The molecule has 45 heavy (non-hydrogen) atoms. The third-order valence-corrected chi connectivity index (χ3v) is 13.2. The van der Waals surface area contributed by atoms with Gasteiger partial charge in [-0.3, -0.25) is 0 Å². The van der Waals surface area contributed by atoms with Crippen LogP contribution in [-0.4, -0.2) is 19.5 Å². The summed E-state index contributed by atoms with van der Waals surface area (Å²) in [5, 5.41) is 2.53. The Balaban J connectivity index is 1.11. The first-order valence-electron chi connectivity index (χ1n) is 14.7. The Hall–Kier alpha value is -3.36. The Morgan fingerprint density at radius 2 is 0.844 bits per heavy atom. The molecule has 0 radical (unpaired) electrons. The third-order valence-electron chi connectivity index (χ3n) is 9.37. The van der Waals surface area contributed by atoms with Crippen molar-refractivity contribution in [2.75, 3.05) is 0 Å². The first-order chi connectivity index (χ1) is 21.7. The zero-order valence-corrected chi connectivity index (χ0v) is 29.1. The molecular weight excluding hydrogens is 661 g/mol. The summed E-state index contributed by atoms with van der Waals surface area (Å²) in [5.41, 5.74) is 11.5. The van der Waals surface area contributed by atoms with E-state index >= 15 is 0 Å². The molecule has 6 aromatic rings. The van der Waals surface area contributed by atoms with Crippen LogP contribution in [0.2, 0.25) is 0 Å². The summed E-state index contributed by atoms with van der Waals surface area (Å²) in [5.74, 6) is 0. The summed E-state index contributed by atoms with van der Waals surface area (Å²) in [7, 11) is 0. The molecule has 0 fully saturated rings. The van der Waals surface area contributed by atoms with E-state index in [0.717, 1.165) is 52.9 Å². The van der Waals surface area contributed by atoms with Gasteiger partial charge in [-0.1, -0.05) is 111 Å². The summed E-state index contributed by atoms with van der Waals surface area (Å²) < 4.78 is 2.55. The maximum absolute atomic E-state index is 5.84. The van der Waals surface area contributed by atoms with Crippen molar-refractivity contribution < 1.29 is 0 Å². The SMILES string of the molecule is CC1(C)c2cc3cc(C=C4C(=S)c5ccccc5C4=S)sc3cc2-c2cc3sc(C=C4C(=S)c5ccccc5C4=S)cc3cc21. The highest BCUT2D eigenvalue weighted by atomic mass is 32.1. The van der Waals surface area contributed by atoms with Gasteiger partial charge >= 0.3 is 0 Å². The molecule has 2 aromatic heterocycles. The maximum atomic E-state index is 5.84. The molecule has 0 saturated heterocycles. The topological polar surface area (TPSA) is 0 Å². The van der Waals surface area contributed by atoms with E-state index < -0.39 is 0 Å². The Kier molecular flexibility index (Phi) is 6.09. The quantitative estimate of drug-likeness (QED) is 0.132. The fourth-order valence-electron chi connectivity index (χ4n) is 7.07. The lowest BCUT2D eigenvalue weighted by molar-refractivity contribution is 0.662. The van der Waals surface area contributed by atoms with E-state index in [1.54, 1.807) is 22.7 Å². The number of hydrogen-bond acceptors (Lipinski definition) is 6. The van der Waals surface area contributed by atoms with Gasteiger partial charge in [-0.15, -0.1) is 22.7 Å². The molecule has 0 amide bonds. The highest BCUT2D eigenvalue weighted by molar-refractivity contribution is 7.84. The van der Waals surface area contributed by atoms with Gasteiger partial charge in [0.15, 0.2) is 0 Å². The predicted octanol–water partition coefficient (Wildman–Crippen LogP) is 11.5. The second-order valence-corrected chi connectivity index (χ2v) is 16.2. The van der Waals surface area contributed by atoms with E-state index in [4.69, 9.17) is 48.9 Å². The van der Waals surface area contributed by atoms with Crippen LogP contribution in [0.3, 0.4) is 0 Å². The lowest BCUT2D eigenvalue weighted by Gasteiger charge is -2.21. The summed E-state index contributed by atoms with van der Waals surface area (Å²) in [4.78, 5) is 5.75. The van der Waals surface area contributed by atoms with Gasteiger partial charge in [0, 0.05) is 58.0 Å². The van der Waals surface area contributed by atoms with Crippen molar-refractivity contribution in [1.82, 2.24) is 0 Å². The molecular formula is C39H22S6. The molecule has 0 spiro atoms. The highest BCUT2D eigenvalue weighted by Gasteiger charge is 2.36. The van der Waals surface area contributed by atoms with Crippen molar-refractivity contribution in [3.63, 3.8) is 0 Å². The number of allylic oxidation sites excluding steroid dienone is 2. The zero-order valence-electron chi connectivity index (χ0n) is 24.2. The van der Waals surface area contributed by atoms with Crippen molar-refractivity contribution in [3.8, 4) is 11.1 Å². The van der Waals surface area contributed by atoms with Crippen LogP contribution in [0.25, 0.3) is 43.5 Å². The molecule has 4 aromatic carbocycles. The minimum Gasteiger partial charge on any atom is -0.136 e. The van der Waals surface area contributed by atoms with E-state index in [-0.39, 0.29) is 5.41 Å². The van der Waals surface area contributed by atoms with Crippen LogP contribution in [0, 0.1) is 0 Å². The number of thiocarbonyl (C=S) groups is 4. The van der Waals surface area contributed by atoms with E-state index in [1.165, 1.54) is 52.2 Å². The average molecular weight is 683 g/mol. The summed E-state index contributed by atoms with van der Waals surface area (Å²) in [6.45, 7) is 4.69. The van der Waals surface area contributed by atoms with Gasteiger partial charge in [-0.2, -0.15) is 0 Å². The van der Waals surface area contributed by atoms with Gasteiger partial charge in [-0.25, -0.2) is 0 Å². The normalized spacial score (nSPS) is 16.0. The number of benzene rings is 4. The van der Waals surface area contributed by atoms with Crippen molar-refractivity contribution in [1.29, 1.82) is 0 Å². The van der Waals surface area contributed by atoms with Gasteiger partial charge in [0.1, 0.15) is 0 Å². The number of rotatable bonds is 2. The minimum atomic E-state index is -0.110. The second kappa shape index (κ2) is 9.82. The summed E-state index contributed by atoms with van der Waals surface area (Å²) in [6, 6.07) is 30.5. The Labute approximate surface area is 290 Å². The van der Waals surface area contributed by atoms with Crippen LogP contribution in [0.1, 0.15) is 57.0 Å². The average Bonchev–Trinajstić information content (AvgIpc) is 3.79. The Morgan fingerprint density at radius 3 is 1.20 bits per heavy atom. The Morgan fingerprint density at radius 1 is 0.489 bits per heavy atom. The maximum Gasteiger partial charge on any atom is 0.0543 e. The van der Waals surface area contributed by atoms with Crippen molar-refractivity contribution in [2.24, 2.45) is 0 Å². The van der Waals surface area contributed by atoms with Crippen molar-refractivity contribution >= 4 is 123 Å². The fourth-order valence-corrected chi connectivity index (χ4v) is 10.6. The standard InChI is InChI=1S/C39H22S6/c1-39(2)31-13-19-11-21(15-29-35(40)23-7-3-4-8-24(23)36(29)41)44-33(19)17-27(31)28-18-34-20(14-32(28)39)12-22(45-34)16-30-37(42)25-9-5-6-10-26(25)38(30)43/h3-18H,1-2H3. The first kappa shape index (κ1) is 27.9. The number of thiophene rings is 2. The van der Waals surface area contributed by atoms with E-state index in [0.29, 0.717) is 0 Å². The molecule has 0 nitrogen and oxygen atoms in total. The number of fused-ring (bicyclic) bond motifs is 7. The molecule has 3 aliphatic carbocycles. The Bertz CT molecular complexity index is 2230. The molecule has 9 rings (SSSR count). The van der Waals surface area contributed by atoms with E-state index in [1.807, 2.05) is 24.3 Å². The van der Waals surface area contributed by atoms with Crippen molar-refractivity contribution in [3.05, 3.63) is 139 Å². The molecule has 0 aliphatic heterocycles. The second-order valence-electron chi connectivity index (χ2n) is 12.3. The molecule has 0 N–H and O–H groups in total. The van der Waals surface area contributed by atoms with Crippen LogP contribution >= 0.6 is 71.5 Å². The van der Waals surface area contributed by atoms with Gasteiger partial charge in [0.2, 0.25) is 0 Å². The van der Waals surface area contributed by atoms with Gasteiger partial charge < -0.3 is 0 Å². The smallest absolute Gasteiger partial charge is 0.0543 e. The van der Waals surface area contributed by atoms with Crippen LogP contribution in [0.15, 0.2) is 96.1 Å². The lowest BCUT2D eigenvalue weighted by Crippen LogP contribution is -2.14. The highest BCUT2D eigenvalue weighted by Crippen LogP contribution is 2.52. The van der Waals surface area contributed by atoms with E-state index in [9.17, 15) is 0 Å². The molecule has 3 aliphatic rings. The number of hydrogen-bond donors (Lipinski definition) is 0. The third kappa shape index (κ3) is 4.03. The monoisotopic (exact) mass is 682 g/mol. The summed E-state index contributed by atoms with van der Waals surface area (Å²) >= 11 is 27.0. The molecule has 0 unspecified atom stereocenters. The first-order valence-corrected chi connectivity index (χ1v) is 17.9. The van der Waals surface area contributed by atoms with Crippen LogP contribution < -0.4 is 0 Å². The van der Waals surface area contributed by atoms with Crippen LogP contribution in [-0.2, 0) is 5.41 Å². The van der Waals surface area contributed by atoms with Crippen LogP contribution in [0.4, 0.5) is 0 Å². The largest absolute Gasteiger partial charge is 0.136 e. The molecule has 0 saturated carbocycles. The molecule has 214 valence electrons. The molecule has 2 heterocycles. The molecule has 0 atom stereocenters. The van der Waals surface area contributed by atoms with Gasteiger partial charge in [0.05, 0.1) is 19.5 Å². The van der Waals surface area contributed by atoms with E-state index in [2.05, 4.69) is 86.7 Å². The lowest BCUT2D eigenvalue weighted by atomic mass is 9.82. The minimum absolute atomic E-state index is 0.110. The van der Waals surface area contributed by atoms with Gasteiger partial charge in [-0.05, 0) is 81.6 Å². The van der Waals surface area contributed by atoms with Gasteiger partial charge in [0.25, 0.3) is 0 Å². The predicted molar refractivity (Wildman–Crippen MR) is 210 cm³/mol. The van der Waals surface area contributed by atoms with Crippen molar-refractivity contribution in [2.45, 2.75) is 19.3 Å². The zero-order chi connectivity index (χ0) is 30.8. The summed E-state index contributed by atoms with van der Waals surface area (Å²) in [6.07, 6.45) is 4.37. The molecule has 0 bridgehead atoms. The fraction of sp³-hybridized carbons (Fsp3) is 0.0769. The van der Waals surface area contributed by atoms with Crippen LogP contribution in [0.5, 0.6) is 0 Å². The molecule has 6 heteroatoms.